The third-order valence-electron chi connectivity index (χ3n) is 4.85. The molecule has 6 heteroatoms. The molecule has 1 aromatic heterocycles. The lowest BCUT2D eigenvalue weighted by molar-refractivity contribution is -0.129. The molecule has 2 fully saturated rings. The van der Waals surface area contributed by atoms with Crippen LogP contribution < -0.4 is 10.6 Å². The molecule has 6 nitrogen and oxygen atoms in total. The molecule has 1 amide bonds. The normalized spacial score (nSPS) is 22.1. The van der Waals surface area contributed by atoms with Crippen molar-refractivity contribution in [2.75, 3.05) is 30.3 Å². The van der Waals surface area contributed by atoms with Crippen molar-refractivity contribution in [1.82, 2.24) is 14.9 Å². The second kappa shape index (κ2) is 5.68. The Morgan fingerprint density at radius 1 is 1.13 bits per heavy atom. The molecule has 2 saturated heterocycles. The summed E-state index contributed by atoms with van der Waals surface area (Å²) in [4.78, 5) is 25.4. The molecule has 1 atom stereocenters. The monoisotopic (exact) mass is 311 g/mol. The van der Waals surface area contributed by atoms with E-state index in [-0.39, 0.29) is 11.9 Å². The summed E-state index contributed by atoms with van der Waals surface area (Å²) < 4.78 is 0. The van der Waals surface area contributed by atoms with Gasteiger partial charge in [-0.05, 0) is 31.4 Å². The maximum atomic E-state index is 12.0. The van der Waals surface area contributed by atoms with E-state index >= 15 is 0 Å². The fourth-order valence-electron chi connectivity index (χ4n) is 3.68. The van der Waals surface area contributed by atoms with Gasteiger partial charge in [0.25, 0.3) is 0 Å². The van der Waals surface area contributed by atoms with Gasteiger partial charge in [-0.2, -0.15) is 4.98 Å². The number of carbonyl (C=O) groups excluding carboxylic acids is 1. The maximum Gasteiger partial charge on any atom is 0.227 e. The first kappa shape index (κ1) is 14.2. The van der Waals surface area contributed by atoms with Crippen molar-refractivity contribution in [2.24, 2.45) is 0 Å². The van der Waals surface area contributed by atoms with Crippen LogP contribution in [0.3, 0.4) is 0 Å². The number of para-hydroxylation sites is 1. The van der Waals surface area contributed by atoms with E-state index in [0.29, 0.717) is 18.2 Å². The number of nitrogen functional groups attached to an aromatic ring is 1. The number of likely N-dealkylation sites (tertiary alicyclic amines) is 1. The van der Waals surface area contributed by atoms with Crippen LogP contribution >= 0.6 is 0 Å². The van der Waals surface area contributed by atoms with Crippen LogP contribution in [0.5, 0.6) is 0 Å². The number of benzene rings is 1. The zero-order valence-corrected chi connectivity index (χ0v) is 13.1. The molecule has 0 spiro atoms. The van der Waals surface area contributed by atoms with Gasteiger partial charge in [-0.25, -0.2) is 4.98 Å². The van der Waals surface area contributed by atoms with Crippen LogP contribution in [0, 0.1) is 0 Å². The SMILES string of the molecule is Nc1nc(N2CCCC(N3CCCC3=O)C2)nc2ccccc12. The Morgan fingerprint density at radius 2 is 2.00 bits per heavy atom. The molecule has 2 aliphatic heterocycles. The van der Waals surface area contributed by atoms with E-state index in [1.54, 1.807) is 0 Å². The van der Waals surface area contributed by atoms with Gasteiger partial charge in [0, 0.05) is 37.5 Å². The third kappa shape index (κ3) is 2.58. The molecule has 4 rings (SSSR count). The predicted molar refractivity (Wildman–Crippen MR) is 90.1 cm³/mol. The number of piperidine rings is 1. The standard InChI is InChI=1S/C17H21N5O/c18-16-13-6-1-2-7-14(13)19-17(20-16)21-9-3-5-12(11-21)22-10-4-8-15(22)23/h1-2,6-7,12H,3-5,8-11H2,(H2,18,19,20). The minimum Gasteiger partial charge on any atom is -0.383 e. The van der Waals surface area contributed by atoms with Gasteiger partial charge in [-0.3, -0.25) is 4.79 Å². The van der Waals surface area contributed by atoms with E-state index in [1.165, 1.54) is 0 Å². The quantitative estimate of drug-likeness (QED) is 0.915. The zero-order chi connectivity index (χ0) is 15.8. The first-order valence-electron chi connectivity index (χ1n) is 8.29. The number of hydrogen-bond acceptors (Lipinski definition) is 5. The highest BCUT2D eigenvalue weighted by atomic mass is 16.2. The van der Waals surface area contributed by atoms with Crippen LogP contribution in [-0.2, 0) is 4.79 Å². The Labute approximate surface area is 135 Å². The molecule has 1 aromatic carbocycles. The van der Waals surface area contributed by atoms with Crippen LogP contribution in [0.4, 0.5) is 11.8 Å². The van der Waals surface area contributed by atoms with Crippen molar-refractivity contribution in [3.8, 4) is 0 Å². The van der Waals surface area contributed by atoms with Crippen molar-refractivity contribution >= 4 is 28.6 Å². The van der Waals surface area contributed by atoms with Crippen molar-refractivity contribution in [3.05, 3.63) is 24.3 Å². The number of hydrogen-bond donors (Lipinski definition) is 1. The Kier molecular flexibility index (Phi) is 3.52. The number of carbonyl (C=O) groups is 1. The summed E-state index contributed by atoms with van der Waals surface area (Å²) in [6.45, 7) is 2.60. The first-order chi connectivity index (χ1) is 11.2. The number of nitrogens with two attached hydrogens (primary N) is 1. The summed E-state index contributed by atoms with van der Waals surface area (Å²) in [6, 6.07) is 8.08. The molecule has 2 N–H and O–H groups in total. The fraction of sp³-hybridized carbons (Fsp3) is 0.471. The minimum atomic E-state index is 0.273. The molecule has 0 radical (unpaired) electrons. The summed E-state index contributed by atoms with van der Waals surface area (Å²) in [5, 5.41) is 0.888. The van der Waals surface area contributed by atoms with Crippen LogP contribution in [0.15, 0.2) is 24.3 Å². The minimum absolute atomic E-state index is 0.273. The summed E-state index contributed by atoms with van der Waals surface area (Å²) in [5.41, 5.74) is 6.97. The first-order valence-corrected chi connectivity index (χ1v) is 8.29. The average Bonchev–Trinajstić information content (AvgIpc) is 3.01. The summed E-state index contributed by atoms with van der Waals surface area (Å²) in [6.07, 6.45) is 3.78. The van der Waals surface area contributed by atoms with Crippen LogP contribution in [0.25, 0.3) is 10.9 Å². The van der Waals surface area contributed by atoms with Crippen molar-refractivity contribution in [1.29, 1.82) is 0 Å². The molecule has 2 aromatic rings. The van der Waals surface area contributed by atoms with Gasteiger partial charge in [0.1, 0.15) is 5.82 Å². The second-order valence-electron chi connectivity index (χ2n) is 6.36. The molecule has 0 bridgehead atoms. The number of nitrogens with zero attached hydrogens (tertiary/aromatic N) is 4. The van der Waals surface area contributed by atoms with Crippen LogP contribution in [0.1, 0.15) is 25.7 Å². The summed E-state index contributed by atoms with van der Waals surface area (Å²) in [5.74, 6) is 1.48. The average molecular weight is 311 g/mol. The van der Waals surface area contributed by atoms with Gasteiger partial charge in [0.2, 0.25) is 11.9 Å². The third-order valence-corrected chi connectivity index (χ3v) is 4.85. The topological polar surface area (TPSA) is 75.3 Å². The van der Waals surface area contributed by atoms with Gasteiger partial charge in [-0.15, -0.1) is 0 Å². The Hall–Kier alpha value is -2.37. The van der Waals surface area contributed by atoms with E-state index in [0.717, 1.165) is 49.8 Å². The maximum absolute atomic E-state index is 12.0. The molecule has 0 aliphatic carbocycles. The van der Waals surface area contributed by atoms with E-state index in [4.69, 9.17) is 5.73 Å². The van der Waals surface area contributed by atoms with Gasteiger partial charge >= 0.3 is 0 Å². The van der Waals surface area contributed by atoms with Gasteiger partial charge in [0.05, 0.1) is 5.52 Å². The lowest BCUT2D eigenvalue weighted by Crippen LogP contribution is -2.49. The molecule has 1 unspecified atom stereocenters. The highest BCUT2D eigenvalue weighted by molar-refractivity contribution is 5.88. The van der Waals surface area contributed by atoms with E-state index in [2.05, 4.69) is 14.9 Å². The number of rotatable bonds is 2. The summed E-state index contributed by atoms with van der Waals surface area (Å²) >= 11 is 0. The number of anilines is 2. The number of fused-ring (bicyclic) bond motifs is 1. The molecular formula is C17H21N5O. The number of amides is 1. The molecule has 120 valence electrons. The van der Waals surface area contributed by atoms with E-state index in [9.17, 15) is 4.79 Å². The van der Waals surface area contributed by atoms with E-state index < -0.39 is 0 Å². The zero-order valence-electron chi connectivity index (χ0n) is 13.1. The van der Waals surface area contributed by atoms with E-state index in [1.807, 2.05) is 29.2 Å². The Balaban J connectivity index is 1.61. The predicted octanol–water partition coefficient (Wildman–Crippen LogP) is 1.80. The number of aromatic nitrogens is 2. The highest BCUT2D eigenvalue weighted by Gasteiger charge is 2.32. The highest BCUT2D eigenvalue weighted by Crippen LogP contribution is 2.26. The lowest BCUT2D eigenvalue weighted by atomic mass is 10.0. The van der Waals surface area contributed by atoms with Crippen LogP contribution in [0.2, 0.25) is 0 Å². The summed E-state index contributed by atoms with van der Waals surface area (Å²) in [7, 11) is 0. The van der Waals surface area contributed by atoms with Gasteiger partial charge < -0.3 is 15.5 Å². The van der Waals surface area contributed by atoms with Gasteiger partial charge in [-0.1, -0.05) is 12.1 Å². The van der Waals surface area contributed by atoms with Gasteiger partial charge in [0.15, 0.2) is 0 Å². The molecule has 2 aliphatic rings. The Bertz CT molecular complexity index is 747. The van der Waals surface area contributed by atoms with Crippen molar-refractivity contribution in [3.63, 3.8) is 0 Å². The molecule has 23 heavy (non-hydrogen) atoms. The Morgan fingerprint density at radius 3 is 2.83 bits per heavy atom. The fourth-order valence-corrected chi connectivity index (χ4v) is 3.68. The second-order valence-corrected chi connectivity index (χ2v) is 6.36. The van der Waals surface area contributed by atoms with Crippen molar-refractivity contribution < 1.29 is 4.79 Å². The lowest BCUT2D eigenvalue weighted by Gasteiger charge is -2.37. The molecule has 0 saturated carbocycles. The molecule has 3 heterocycles. The van der Waals surface area contributed by atoms with Crippen molar-refractivity contribution in [2.45, 2.75) is 31.7 Å². The van der Waals surface area contributed by atoms with Crippen LogP contribution in [-0.4, -0.2) is 46.5 Å². The largest absolute Gasteiger partial charge is 0.383 e. The molecular weight excluding hydrogens is 290 g/mol. The smallest absolute Gasteiger partial charge is 0.227 e.